The van der Waals surface area contributed by atoms with Crippen LogP contribution in [0.25, 0.3) is 22.4 Å². The summed E-state index contributed by atoms with van der Waals surface area (Å²) in [6.07, 6.45) is -14.1. The molecule has 3 aromatic rings. The van der Waals surface area contributed by atoms with Gasteiger partial charge in [0.1, 0.15) is 11.6 Å². The molecule has 2 fully saturated rings. The normalized spacial score (nSPS) is 18.1. The molecule has 2 aliphatic heterocycles. The summed E-state index contributed by atoms with van der Waals surface area (Å²) >= 11 is 6.09. The maximum atomic E-state index is 12.6. The number of nitrogens with zero attached hydrogens (tertiary/aromatic N) is 2. The number of H-pyrrole nitrogens is 1. The molecule has 2 atom stereocenters. The van der Waals surface area contributed by atoms with Crippen LogP contribution in [-0.4, -0.2) is 105 Å². The van der Waals surface area contributed by atoms with Crippen LogP contribution in [0.1, 0.15) is 63.0 Å². The smallest absolute Gasteiger partial charge is 0.475 e. The number of hydrogen-bond donors (Lipinski definition) is 5. The van der Waals surface area contributed by atoms with Gasteiger partial charge in [0.2, 0.25) is 0 Å². The number of nitrogens with one attached hydrogen (secondary N) is 2. The van der Waals surface area contributed by atoms with Crippen molar-refractivity contribution in [3.8, 4) is 17.1 Å². The zero-order chi connectivity index (χ0) is 45.3. The number of alkyl halides is 12. The fraction of sp³-hybridized carbons (Fsp3) is 0.543. The van der Waals surface area contributed by atoms with E-state index in [9.17, 15) is 52.7 Å². The van der Waals surface area contributed by atoms with Crippen LogP contribution >= 0.6 is 11.6 Å². The van der Waals surface area contributed by atoms with Gasteiger partial charge in [-0.25, -0.2) is 19.4 Å². The van der Waals surface area contributed by atoms with Gasteiger partial charge in [0.25, 0.3) is 0 Å². The highest BCUT2D eigenvalue weighted by Gasteiger charge is 2.40. The average Bonchev–Trinajstić information content (AvgIpc) is 3.53. The zero-order valence-electron chi connectivity index (χ0n) is 31.1. The third-order valence-electron chi connectivity index (χ3n) is 8.71. The summed E-state index contributed by atoms with van der Waals surface area (Å²) < 4.78 is 137. The van der Waals surface area contributed by atoms with E-state index in [4.69, 9.17) is 46.3 Å². The van der Waals surface area contributed by atoms with Gasteiger partial charge in [-0.2, -0.15) is 39.5 Å². The molecular formula is C35H39ClF12N4O7. The number of halogens is 13. The number of piperidine rings is 2. The number of aromatic nitrogens is 2. The predicted octanol–water partition coefficient (Wildman–Crippen LogP) is 9.34. The molecule has 2 aliphatic rings. The highest BCUT2D eigenvalue weighted by atomic mass is 35.5. The molecule has 0 aliphatic carbocycles. The lowest BCUT2D eigenvalue weighted by atomic mass is 9.80. The first-order valence-corrected chi connectivity index (χ1v) is 17.7. The minimum Gasteiger partial charge on any atom is -0.475 e. The summed E-state index contributed by atoms with van der Waals surface area (Å²) in [5, 5.41) is 24.8. The van der Waals surface area contributed by atoms with E-state index in [1.807, 2.05) is 0 Å². The summed E-state index contributed by atoms with van der Waals surface area (Å²) in [5.41, 5.74) is 4.82. The van der Waals surface area contributed by atoms with E-state index in [2.05, 4.69) is 52.8 Å². The monoisotopic (exact) mass is 890 g/mol. The Balaban J connectivity index is 0.000000469. The highest BCUT2D eigenvalue weighted by molar-refractivity contribution is 6.32. The van der Waals surface area contributed by atoms with Crippen molar-refractivity contribution >= 4 is 40.5 Å². The first-order valence-electron chi connectivity index (χ1n) is 17.3. The van der Waals surface area contributed by atoms with Crippen molar-refractivity contribution in [2.24, 2.45) is 5.92 Å². The highest BCUT2D eigenvalue weighted by Crippen LogP contribution is 2.39. The molecule has 59 heavy (non-hydrogen) atoms. The lowest BCUT2D eigenvalue weighted by molar-refractivity contribution is -0.274. The van der Waals surface area contributed by atoms with Gasteiger partial charge in [-0.1, -0.05) is 31.5 Å². The Kier molecular flexibility index (Phi) is 17.7. The SMILES string of the molecule is Cc1cc(C2CCN(C3CCNCC3)[C@H](CC(C)C)C2)cc2[nH]c(-c3ccc(OC(F)(F)F)c(Cl)c3)nc12.O=C(O)C(F)(F)F.O=C(O)C(F)(F)F.O=C(O)C(F)(F)F. The lowest BCUT2D eigenvalue weighted by Crippen LogP contribution is -2.51. The van der Waals surface area contributed by atoms with E-state index in [0.29, 0.717) is 35.3 Å². The largest absolute Gasteiger partial charge is 0.573 e. The molecular weight excluding hydrogens is 852 g/mol. The van der Waals surface area contributed by atoms with Crippen LogP contribution in [0.15, 0.2) is 30.3 Å². The number of carboxylic acid groups (broad SMARTS) is 3. The number of carbonyl (C=O) groups is 3. The van der Waals surface area contributed by atoms with E-state index in [1.165, 1.54) is 43.0 Å². The molecule has 0 saturated carbocycles. The maximum Gasteiger partial charge on any atom is 0.573 e. The molecule has 0 amide bonds. The summed E-state index contributed by atoms with van der Waals surface area (Å²) in [7, 11) is 0. The number of benzene rings is 2. The summed E-state index contributed by atoms with van der Waals surface area (Å²) in [6.45, 7) is 10.1. The van der Waals surface area contributed by atoms with Crippen molar-refractivity contribution < 1.29 is 87.1 Å². The van der Waals surface area contributed by atoms with Crippen LogP contribution in [0.5, 0.6) is 5.75 Å². The molecule has 332 valence electrons. The number of imidazole rings is 1. The summed E-state index contributed by atoms with van der Waals surface area (Å²) in [4.78, 5) is 37.6. The number of aromatic amines is 1. The fourth-order valence-corrected chi connectivity index (χ4v) is 6.53. The molecule has 11 nitrogen and oxygen atoms in total. The number of aliphatic carboxylic acids is 3. The molecule has 1 aromatic heterocycles. The van der Waals surface area contributed by atoms with Crippen molar-refractivity contribution in [1.82, 2.24) is 20.2 Å². The number of rotatable bonds is 6. The third kappa shape index (κ3) is 16.6. The van der Waals surface area contributed by atoms with Gasteiger partial charge in [0.05, 0.1) is 16.1 Å². The van der Waals surface area contributed by atoms with Crippen LogP contribution in [0.3, 0.4) is 0 Å². The molecule has 1 unspecified atom stereocenters. The minimum atomic E-state index is -5.08. The van der Waals surface area contributed by atoms with Gasteiger partial charge in [0, 0.05) is 17.6 Å². The summed E-state index contributed by atoms with van der Waals surface area (Å²) in [6, 6.07) is 9.94. The topological polar surface area (TPSA) is 165 Å². The maximum absolute atomic E-state index is 12.6. The van der Waals surface area contributed by atoms with Gasteiger partial charge >= 0.3 is 42.8 Å². The predicted molar refractivity (Wildman–Crippen MR) is 187 cm³/mol. The second-order valence-corrected chi connectivity index (χ2v) is 14.1. The number of likely N-dealkylation sites (tertiary alicyclic amines) is 1. The Morgan fingerprint density at radius 2 is 1.36 bits per heavy atom. The van der Waals surface area contributed by atoms with Crippen molar-refractivity contribution in [3.63, 3.8) is 0 Å². The van der Waals surface area contributed by atoms with Gasteiger partial charge in [0.15, 0.2) is 0 Å². The Hall–Kier alpha value is -4.51. The Morgan fingerprint density at radius 3 is 1.80 bits per heavy atom. The van der Waals surface area contributed by atoms with Gasteiger partial charge < -0.3 is 30.4 Å². The van der Waals surface area contributed by atoms with Crippen LogP contribution in [0, 0.1) is 12.8 Å². The second-order valence-electron chi connectivity index (χ2n) is 13.6. The van der Waals surface area contributed by atoms with E-state index in [-0.39, 0.29) is 5.02 Å². The van der Waals surface area contributed by atoms with E-state index in [0.717, 1.165) is 49.1 Å². The number of aryl methyl sites for hydroxylation is 1. The second kappa shape index (κ2) is 20.6. The first kappa shape index (κ1) is 50.6. The van der Waals surface area contributed by atoms with Gasteiger partial charge in [-0.3, -0.25) is 4.90 Å². The van der Waals surface area contributed by atoms with Crippen LogP contribution in [0.2, 0.25) is 5.02 Å². The number of carboxylic acids is 3. The van der Waals surface area contributed by atoms with E-state index < -0.39 is 48.5 Å². The zero-order valence-corrected chi connectivity index (χ0v) is 31.9. The van der Waals surface area contributed by atoms with Gasteiger partial charge in [-0.15, -0.1) is 13.2 Å². The van der Waals surface area contributed by atoms with Crippen molar-refractivity contribution in [2.75, 3.05) is 19.6 Å². The molecule has 2 aromatic carbocycles. The van der Waals surface area contributed by atoms with Crippen molar-refractivity contribution in [2.45, 2.75) is 95.8 Å². The molecule has 2 saturated heterocycles. The molecule has 5 N–H and O–H groups in total. The summed E-state index contributed by atoms with van der Waals surface area (Å²) in [5.74, 6) is -6.99. The average molecular weight is 891 g/mol. The van der Waals surface area contributed by atoms with Crippen LogP contribution in [0.4, 0.5) is 52.7 Å². The van der Waals surface area contributed by atoms with Crippen molar-refractivity contribution in [3.05, 3.63) is 46.5 Å². The van der Waals surface area contributed by atoms with Crippen molar-refractivity contribution in [1.29, 1.82) is 0 Å². The number of ether oxygens (including phenoxy) is 1. The molecule has 5 rings (SSSR count). The number of hydrogen-bond acceptors (Lipinski definition) is 7. The molecule has 3 heterocycles. The van der Waals surface area contributed by atoms with Gasteiger partial charge in [-0.05, 0) is 106 Å². The Morgan fingerprint density at radius 1 is 0.847 bits per heavy atom. The van der Waals surface area contributed by atoms with Crippen LogP contribution < -0.4 is 10.1 Å². The molecule has 0 bridgehead atoms. The molecule has 0 spiro atoms. The van der Waals surface area contributed by atoms with Crippen LogP contribution in [-0.2, 0) is 14.4 Å². The fourth-order valence-electron chi connectivity index (χ4n) is 6.31. The standard InChI is InChI=1S/C29H36ClF3N4O.3C2HF3O2/c1-17(2)12-23-14-19(8-11-37(23)22-6-9-34-10-7-22)21-13-18(3)27-25(16-21)35-28(36-27)20-4-5-26(24(30)15-20)38-29(31,32)33;3*3-2(4,5)1(6)7/h4-5,13,15-17,19,22-23,34H,6-12,14H2,1-3H3,(H,35,36);3*(H,6,7)/t19?,23-;;;/m1.../s1. The lowest BCUT2D eigenvalue weighted by Gasteiger charge is -2.46. The first-order chi connectivity index (χ1) is 26.9. The quantitative estimate of drug-likeness (QED) is 0.151. The molecule has 0 radical (unpaired) electrons. The minimum absolute atomic E-state index is 0.116. The van der Waals surface area contributed by atoms with E-state index >= 15 is 0 Å². The van der Waals surface area contributed by atoms with E-state index in [1.54, 1.807) is 0 Å². The third-order valence-corrected chi connectivity index (χ3v) is 9.01. The molecule has 24 heteroatoms. The Labute approximate surface area is 332 Å². The number of fused-ring (bicyclic) bond motifs is 1. The Bertz CT molecular complexity index is 1820.